The molecular weight excluding hydrogens is 389 g/mol. The molecule has 1 aliphatic heterocycles. The van der Waals surface area contributed by atoms with Crippen molar-refractivity contribution in [2.24, 2.45) is 0 Å². The topological polar surface area (TPSA) is 62.4 Å². The van der Waals surface area contributed by atoms with Crippen molar-refractivity contribution >= 4 is 40.5 Å². The van der Waals surface area contributed by atoms with E-state index in [1.165, 1.54) is 19.2 Å². The second kappa shape index (κ2) is 7.94. The Morgan fingerprint density at radius 1 is 1.26 bits per heavy atom. The Hall–Kier alpha value is -2.64. The average molecular weight is 406 g/mol. The molecule has 3 N–H and O–H groups in total. The van der Waals surface area contributed by atoms with Crippen LogP contribution in [0.1, 0.15) is 18.5 Å². The van der Waals surface area contributed by atoms with Crippen molar-refractivity contribution in [1.29, 1.82) is 0 Å². The Balaban J connectivity index is 1.97. The van der Waals surface area contributed by atoms with Crippen molar-refractivity contribution in [3.05, 3.63) is 70.1 Å². The van der Waals surface area contributed by atoms with E-state index < -0.39 is 6.04 Å². The molecule has 2 aromatic rings. The SMILES string of the molecule is COc1ccc(Cl)cc1NC(=O)C1=C(C)NC(=S)NC1c1ccc(F)cc1. The third kappa shape index (κ3) is 4.20. The van der Waals surface area contributed by atoms with E-state index in [4.69, 9.17) is 28.6 Å². The number of hydrogen-bond donors (Lipinski definition) is 3. The second-order valence-corrected chi connectivity index (χ2v) is 6.77. The van der Waals surface area contributed by atoms with Crippen molar-refractivity contribution in [3.63, 3.8) is 0 Å². The van der Waals surface area contributed by atoms with Gasteiger partial charge in [-0.25, -0.2) is 4.39 Å². The number of allylic oxidation sites excluding steroid dienone is 1. The number of nitrogens with one attached hydrogen (secondary N) is 3. The number of ether oxygens (including phenoxy) is 1. The number of methoxy groups -OCH3 is 1. The van der Waals surface area contributed by atoms with Crippen LogP contribution in [0.5, 0.6) is 5.75 Å². The van der Waals surface area contributed by atoms with Crippen molar-refractivity contribution < 1.29 is 13.9 Å². The number of rotatable bonds is 4. The van der Waals surface area contributed by atoms with E-state index >= 15 is 0 Å². The van der Waals surface area contributed by atoms with Crippen LogP contribution in [-0.4, -0.2) is 18.1 Å². The van der Waals surface area contributed by atoms with E-state index in [0.717, 1.165) is 0 Å². The van der Waals surface area contributed by atoms with E-state index in [1.54, 1.807) is 37.3 Å². The molecule has 5 nitrogen and oxygen atoms in total. The molecule has 2 aromatic carbocycles. The average Bonchev–Trinajstić information content (AvgIpc) is 2.61. The molecule has 27 heavy (non-hydrogen) atoms. The van der Waals surface area contributed by atoms with Crippen LogP contribution in [-0.2, 0) is 4.79 Å². The fraction of sp³-hybridized carbons (Fsp3) is 0.158. The molecule has 140 valence electrons. The molecule has 1 atom stereocenters. The maximum atomic E-state index is 13.3. The van der Waals surface area contributed by atoms with Gasteiger partial charge in [-0.15, -0.1) is 0 Å². The van der Waals surface area contributed by atoms with Gasteiger partial charge in [-0.3, -0.25) is 4.79 Å². The molecule has 0 aliphatic carbocycles. The second-order valence-electron chi connectivity index (χ2n) is 5.92. The monoisotopic (exact) mass is 405 g/mol. The Labute approximate surface area is 166 Å². The van der Waals surface area contributed by atoms with Crippen molar-refractivity contribution in [1.82, 2.24) is 10.6 Å². The van der Waals surface area contributed by atoms with Crippen LogP contribution in [0.15, 0.2) is 53.7 Å². The first-order valence-electron chi connectivity index (χ1n) is 8.07. The summed E-state index contributed by atoms with van der Waals surface area (Å²) < 4.78 is 18.6. The Bertz CT molecular complexity index is 931. The lowest BCUT2D eigenvalue weighted by Crippen LogP contribution is -2.45. The summed E-state index contributed by atoms with van der Waals surface area (Å²) in [4.78, 5) is 13.0. The number of carbonyl (C=O) groups excluding carboxylic acids is 1. The summed E-state index contributed by atoms with van der Waals surface area (Å²) in [6.07, 6.45) is 0. The molecule has 0 saturated heterocycles. The zero-order valence-electron chi connectivity index (χ0n) is 14.6. The van der Waals surface area contributed by atoms with Crippen molar-refractivity contribution in [2.45, 2.75) is 13.0 Å². The maximum Gasteiger partial charge on any atom is 0.255 e. The van der Waals surface area contributed by atoms with Crippen LogP contribution in [0.3, 0.4) is 0 Å². The summed E-state index contributed by atoms with van der Waals surface area (Å²) in [5, 5.41) is 9.69. The van der Waals surface area contributed by atoms with Gasteiger partial charge < -0.3 is 20.7 Å². The van der Waals surface area contributed by atoms with Gasteiger partial charge in [0.15, 0.2) is 5.11 Å². The number of hydrogen-bond acceptors (Lipinski definition) is 3. The molecule has 0 aromatic heterocycles. The summed E-state index contributed by atoms with van der Waals surface area (Å²) >= 11 is 11.2. The standard InChI is InChI=1S/C19H17ClFN3O2S/c1-10-16(18(25)23-14-9-12(20)5-8-15(14)26-2)17(24-19(27)22-10)11-3-6-13(21)7-4-11/h3-9,17H,1-2H3,(H,23,25)(H2,22,24,27). The molecule has 3 rings (SSSR count). The van der Waals surface area contributed by atoms with Crippen molar-refractivity contribution in [3.8, 4) is 5.75 Å². The van der Waals surface area contributed by atoms with Crippen LogP contribution in [0.25, 0.3) is 0 Å². The first-order chi connectivity index (χ1) is 12.9. The van der Waals surface area contributed by atoms with E-state index in [1.807, 2.05) is 0 Å². The minimum Gasteiger partial charge on any atom is -0.495 e. The molecule has 8 heteroatoms. The molecular formula is C19H17ClFN3O2S. The predicted octanol–water partition coefficient (Wildman–Crippen LogP) is 3.92. The van der Waals surface area contributed by atoms with Gasteiger partial charge in [-0.05, 0) is 55.0 Å². The lowest BCUT2D eigenvalue weighted by molar-refractivity contribution is -0.113. The highest BCUT2D eigenvalue weighted by atomic mass is 35.5. The van der Waals surface area contributed by atoms with Gasteiger partial charge >= 0.3 is 0 Å². The van der Waals surface area contributed by atoms with Gasteiger partial charge in [0.2, 0.25) is 0 Å². The minimum atomic E-state index is -0.524. The molecule has 1 amide bonds. The zero-order valence-corrected chi connectivity index (χ0v) is 16.2. The fourth-order valence-corrected chi connectivity index (χ4v) is 3.31. The minimum absolute atomic E-state index is 0.356. The molecule has 0 fully saturated rings. The van der Waals surface area contributed by atoms with Crippen LogP contribution >= 0.6 is 23.8 Å². The van der Waals surface area contributed by atoms with Crippen LogP contribution < -0.4 is 20.7 Å². The van der Waals surface area contributed by atoms with Gasteiger partial charge in [0.25, 0.3) is 5.91 Å². The van der Waals surface area contributed by atoms with Crippen LogP contribution in [0, 0.1) is 5.82 Å². The highest BCUT2D eigenvalue weighted by Crippen LogP contribution is 2.31. The molecule has 1 heterocycles. The van der Waals surface area contributed by atoms with E-state index in [9.17, 15) is 9.18 Å². The first-order valence-corrected chi connectivity index (χ1v) is 8.86. The summed E-state index contributed by atoms with van der Waals surface area (Å²) in [5.74, 6) is -0.230. The highest BCUT2D eigenvalue weighted by molar-refractivity contribution is 7.80. The molecule has 0 radical (unpaired) electrons. The van der Waals surface area contributed by atoms with Crippen molar-refractivity contribution in [2.75, 3.05) is 12.4 Å². The van der Waals surface area contributed by atoms with Gasteiger partial charge in [-0.2, -0.15) is 0 Å². The number of benzene rings is 2. The molecule has 0 spiro atoms. The Morgan fingerprint density at radius 3 is 2.63 bits per heavy atom. The molecule has 0 bridgehead atoms. The van der Waals surface area contributed by atoms with Gasteiger partial charge in [0.05, 0.1) is 24.4 Å². The smallest absolute Gasteiger partial charge is 0.255 e. The molecule has 1 unspecified atom stereocenters. The first kappa shape index (κ1) is 19.1. The third-order valence-corrected chi connectivity index (χ3v) is 4.58. The number of thiocarbonyl (C=S) groups is 1. The lowest BCUT2D eigenvalue weighted by atomic mass is 9.95. The third-order valence-electron chi connectivity index (χ3n) is 4.13. The normalized spacial score (nSPS) is 16.4. The maximum absolute atomic E-state index is 13.3. The number of carbonyl (C=O) groups is 1. The molecule has 0 saturated carbocycles. The summed E-state index contributed by atoms with van der Waals surface area (Å²) in [6, 6.07) is 10.3. The summed E-state index contributed by atoms with van der Waals surface area (Å²) in [6.45, 7) is 1.76. The Kier molecular flexibility index (Phi) is 5.62. The van der Waals surface area contributed by atoms with Gasteiger partial charge in [0, 0.05) is 10.7 Å². The predicted molar refractivity (Wildman–Crippen MR) is 107 cm³/mol. The number of anilines is 1. The van der Waals surface area contributed by atoms with Crippen LogP contribution in [0.4, 0.5) is 10.1 Å². The molecule has 1 aliphatic rings. The van der Waals surface area contributed by atoms with E-state index in [-0.39, 0.29) is 11.7 Å². The quantitative estimate of drug-likeness (QED) is 0.673. The van der Waals surface area contributed by atoms with E-state index in [2.05, 4.69) is 16.0 Å². The number of amides is 1. The summed E-state index contributed by atoms with van der Waals surface area (Å²) in [7, 11) is 1.51. The lowest BCUT2D eigenvalue weighted by Gasteiger charge is -2.30. The fourth-order valence-electron chi connectivity index (χ4n) is 2.87. The summed E-state index contributed by atoms with van der Waals surface area (Å²) in [5.41, 5.74) is 2.19. The largest absolute Gasteiger partial charge is 0.495 e. The zero-order chi connectivity index (χ0) is 19.6. The highest BCUT2D eigenvalue weighted by Gasteiger charge is 2.30. The van der Waals surface area contributed by atoms with E-state index in [0.29, 0.717) is 38.4 Å². The van der Waals surface area contributed by atoms with Crippen LogP contribution in [0.2, 0.25) is 5.02 Å². The number of halogens is 2. The Morgan fingerprint density at radius 2 is 1.96 bits per heavy atom. The van der Waals surface area contributed by atoms with Gasteiger partial charge in [-0.1, -0.05) is 23.7 Å². The van der Waals surface area contributed by atoms with Gasteiger partial charge in [0.1, 0.15) is 11.6 Å².